The monoisotopic (exact) mass is 292 g/mol. The summed E-state index contributed by atoms with van der Waals surface area (Å²) in [6.45, 7) is 5.08. The molecule has 0 bridgehead atoms. The van der Waals surface area contributed by atoms with Gasteiger partial charge in [0.15, 0.2) is 0 Å². The lowest BCUT2D eigenvalue weighted by molar-refractivity contribution is -0.114. The van der Waals surface area contributed by atoms with Gasteiger partial charge in [0.1, 0.15) is 0 Å². The van der Waals surface area contributed by atoms with E-state index in [2.05, 4.69) is 20.2 Å². The molecule has 1 aromatic rings. The van der Waals surface area contributed by atoms with Crippen molar-refractivity contribution in [2.75, 3.05) is 5.32 Å². The minimum Gasteiger partial charge on any atom is -0.301 e. The van der Waals surface area contributed by atoms with Crippen LogP contribution in [0, 0.1) is 0 Å². The highest BCUT2D eigenvalue weighted by Gasteiger charge is 2.22. The van der Waals surface area contributed by atoms with Crippen LogP contribution in [0.3, 0.4) is 0 Å². The molecule has 1 amide bonds. The Morgan fingerprint density at radius 2 is 2.11 bits per heavy atom. The summed E-state index contributed by atoms with van der Waals surface area (Å²) in [7, 11) is -3.65. The standard InChI is InChI=1S/C9H16N4O3S2/c1-4-5-6(2)13-18(15,16)9-12-11-8(17-9)10-7(3)14/h6,13H,4-5H2,1-3H3,(H,10,11,14)/t6-/m0/s1. The molecule has 7 nitrogen and oxygen atoms in total. The van der Waals surface area contributed by atoms with Gasteiger partial charge in [0.2, 0.25) is 15.4 Å². The number of nitrogens with one attached hydrogen (secondary N) is 2. The van der Waals surface area contributed by atoms with E-state index in [9.17, 15) is 13.2 Å². The highest BCUT2D eigenvalue weighted by Crippen LogP contribution is 2.20. The maximum Gasteiger partial charge on any atom is 0.270 e. The van der Waals surface area contributed by atoms with Crippen LogP contribution in [0.25, 0.3) is 0 Å². The number of rotatable bonds is 6. The molecule has 0 aromatic carbocycles. The van der Waals surface area contributed by atoms with E-state index in [1.807, 2.05) is 6.92 Å². The number of amides is 1. The first kappa shape index (κ1) is 15.0. The minimum atomic E-state index is -3.65. The second-order valence-electron chi connectivity index (χ2n) is 3.87. The molecule has 2 N–H and O–H groups in total. The van der Waals surface area contributed by atoms with Crippen LogP contribution in [0.1, 0.15) is 33.6 Å². The number of hydrogen-bond acceptors (Lipinski definition) is 6. The van der Waals surface area contributed by atoms with Crippen molar-refractivity contribution in [1.29, 1.82) is 0 Å². The lowest BCUT2D eigenvalue weighted by Crippen LogP contribution is -2.32. The summed E-state index contributed by atoms with van der Waals surface area (Å²) in [6, 6.07) is -0.159. The number of nitrogens with zero attached hydrogens (tertiary/aromatic N) is 2. The van der Waals surface area contributed by atoms with Gasteiger partial charge in [-0.15, -0.1) is 10.2 Å². The van der Waals surface area contributed by atoms with Gasteiger partial charge in [-0.05, 0) is 13.3 Å². The van der Waals surface area contributed by atoms with Crippen LogP contribution in [-0.4, -0.2) is 30.6 Å². The third kappa shape index (κ3) is 4.31. The van der Waals surface area contributed by atoms with Gasteiger partial charge in [0.05, 0.1) is 0 Å². The van der Waals surface area contributed by atoms with Crippen molar-refractivity contribution in [2.45, 2.75) is 44.0 Å². The van der Waals surface area contributed by atoms with Crippen molar-refractivity contribution in [3.63, 3.8) is 0 Å². The Hall–Kier alpha value is -1.06. The summed E-state index contributed by atoms with van der Waals surface area (Å²) in [6.07, 6.45) is 1.63. The molecule has 0 aliphatic heterocycles. The van der Waals surface area contributed by atoms with Gasteiger partial charge >= 0.3 is 0 Å². The van der Waals surface area contributed by atoms with Crippen molar-refractivity contribution in [3.05, 3.63) is 0 Å². The summed E-state index contributed by atoms with van der Waals surface area (Å²) in [5.74, 6) is -0.317. The maximum atomic E-state index is 11.9. The molecule has 0 saturated carbocycles. The first-order valence-corrected chi connectivity index (χ1v) is 7.78. The van der Waals surface area contributed by atoms with E-state index in [4.69, 9.17) is 0 Å². The molecular weight excluding hydrogens is 276 g/mol. The van der Waals surface area contributed by atoms with Crippen LogP contribution in [-0.2, 0) is 14.8 Å². The summed E-state index contributed by atoms with van der Waals surface area (Å²) in [5, 5.41) is 9.71. The summed E-state index contributed by atoms with van der Waals surface area (Å²) in [5.41, 5.74) is 0. The predicted octanol–water partition coefficient (Wildman–Crippen LogP) is 0.963. The van der Waals surface area contributed by atoms with Crippen LogP contribution in [0.15, 0.2) is 4.34 Å². The molecule has 0 saturated heterocycles. The zero-order valence-corrected chi connectivity index (χ0v) is 12.1. The average Bonchev–Trinajstić information content (AvgIpc) is 2.65. The predicted molar refractivity (Wildman–Crippen MR) is 68.9 cm³/mol. The number of hydrogen-bond donors (Lipinski definition) is 2. The quantitative estimate of drug-likeness (QED) is 0.761. The summed E-state index contributed by atoms with van der Waals surface area (Å²) < 4.78 is 26.2. The van der Waals surface area contributed by atoms with Crippen LogP contribution in [0.4, 0.5) is 5.13 Å². The molecule has 18 heavy (non-hydrogen) atoms. The Bertz CT molecular complexity index is 512. The van der Waals surface area contributed by atoms with E-state index in [0.717, 1.165) is 24.2 Å². The van der Waals surface area contributed by atoms with Crippen molar-refractivity contribution in [3.8, 4) is 0 Å². The van der Waals surface area contributed by atoms with E-state index >= 15 is 0 Å². The fourth-order valence-corrected chi connectivity index (χ4v) is 3.57. The van der Waals surface area contributed by atoms with Crippen LogP contribution in [0.5, 0.6) is 0 Å². The molecule has 1 atom stereocenters. The van der Waals surface area contributed by atoms with Crippen molar-refractivity contribution >= 4 is 32.4 Å². The second-order valence-corrected chi connectivity index (χ2v) is 6.73. The van der Waals surface area contributed by atoms with Gasteiger partial charge in [-0.3, -0.25) is 4.79 Å². The molecule has 102 valence electrons. The number of sulfonamides is 1. The molecule has 0 radical (unpaired) electrons. The number of anilines is 1. The van der Waals surface area contributed by atoms with Crippen molar-refractivity contribution in [2.24, 2.45) is 0 Å². The zero-order valence-electron chi connectivity index (χ0n) is 10.4. The lowest BCUT2D eigenvalue weighted by atomic mass is 10.2. The number of aromatic nitrogens is 2. The third-order valence-corrected chi connectivity index (χ3v) is 4.79. The van der Waals surface area contributed by atoms with Gasteiger partial charge in [-0.25, -0.2) is 13.1 Å². The van der Waals surface area contributed by atoms with Crippen LogP contribution >= 0.6 is 11.3 Å². The Balaban J connectivity index is 2.79. The van der Waals surface area contributed by atoms with Gasteiger partial charge in [-0.1, -0.05) is 24.7 Å². The van der Waals surface area contributed by atoms with Gasteiger partial charge in [0, 0.05) is 13.0 Å². The maximum absolute atomic E-state index is 11.9. The van der Waals surface area contributed by atoms with E-state index in [1.54, 1.807) is 6.92 Å². The molecule has 1 rings (SSSR count). The Kier molecular flexibility index (Phi) is 5.17. The number of carbonyl (C=O) groups excluding carboxylic acids is 1. The Morgan fingerprint density at radius 3 is 2.67 bits per heavy atom. The van der Waals surface area contributed by atoms with Crippen molar-refractivity contribution in [1.82, 2.24) is 14.9 Å². The smallest absolute Gasteiger partial charge is 0.270 e. The molecule has 1 heterocycles. The van der Waals surface area contributed by atoms with Gasteiger partial charge in [0.25, 0.3) is 10.0 Å². The fourth-order valence-electron chi connectivity index (χ4n) is 1.33. The SMILES string of the molecule is CCC[C@H](C)NS(=O)(=O)c1nnc(NC(C)=O)s1. The lowest BCUT2D eigenvalue weighted by Gasteiger charge is -2.10. The van der Waals surface area contributed by atoms with E-state index in [0.29, 0.717) is 0 Å². The molecule has 0 spiro atoms. The molecule has 0 aliphatic carbocycles. The second kappa shape index (κ2) is 6.21. The van der Waals surface area contributed by atoms with Crippen LogP contribution in [0.2, 0.25) is 0 Å². The van der Waals surface area contributed by atoms with E-state index in [-0.39, 0.29) is 21.4 Å². The topological polar surface area (TPSA) is 101 Å². The van der Waals surface area contributed by atoms with Gasteiger partial charge < -0.3 is 5.32 Å². The molecular formula is C9H16N4O3S2. The van der Waals surface area contributed by atoms with Crippen LogP contribution < -0.4 is 10.0 Å². The zero-order chi connectivity index (χ0) is 13.8. The van der Waals surface area contributed by atoms with Crippen molar-refractivity contribution < 1.29 is 13.2 Å². The van der Waals surface area contributed by atoms with E-state index < -0.39 is 10.0 Å². The molecule has 9 heteroatoms. The normalized spacial score (nSPS) is 13.3. The summed E-state index contributed by atoms with van der Waals surface area (Å²) in [4.78, 5) is 10.8. The Morgan fingerprint density at radius 1 is 1.44 bits per heavy atom. The molecule has 0 fully saturated rings. The average molecular weight is 292 g/mol. The molecule has 0 aliphatic rings. The summed E-state index contributed by atoms with van der Waals surface area (Å²) >= 11 is 0.824. The number of carbonyl (C=O) groups is 1. The first-order chi connectivity index (χ1) is 8.35. The largest absolute Gasteiger partial charge is 0.301 e. The molecule has 0 unspecified atom stereocenters. The Labute approximate surface area is 110 Å². The fraction of sp³-hybridized carbons (Fsp3) is 0.667. The minimum absolute atomic E-state index is 0.144. The third-order valence-electron chi connectivity index (χ3n) is 2.00. The highest BCUT2D eigenvalue weighted by atomic mass is 32.2. The van der Waals surface area contributed by atoms with Gasteiger partial charge in [-0.2, -0.15) is 0 Å². The molecule has 1 aromatic heterocycles. The first-order valence-electron chi connectivity index (χ1n) is 5.48. The highest BCUT2D eigenvalue weighted by molar-refractivity contribution is 7.91. The van der Waals surface area contributed by atoms with E-state index in [1.165, 1.54) is 6.92 Å².